The van der Waals surface area contributed by atoms with Gasteiger partial charge in [-0.2, -0.15) is 0 Å². The summed E-state index contributed by atoms with van der Waals surface area (Å²) in [7, 11) is 0. The molecule has 136 valence electrons. The SMILES string of the molecule is CC12CC(c3ccoc3)OC(=O)C1=CCC13COC(=O)C1C=CCC23O. The summed E-state index contributed by atoms with van der Waals surface area (Å²) in [6, 6.07) is 1.77. The van der Waals surface area contributed by atoms with Crippen molar-refractivity contribution in [1.29, 1.82) is 0 Å². The highest BCUT2D eigenvalue weighted by Crippen LogP contribution is 2.66. The molecule has 1 spiro atoms. The number of allylic oxidation sites excluding steroid dienone is 1. The van der Waals surface area contributed by atoms with E-state index in [-0.39, 0.29) is 12.6 Å². The summed E-state index contributed by atoms with van der Waals surface area (Å²) in [5, 5.41) is 12.0. The van der Waals surface area contributed by atoms with Gasteiger partial charge in [0, 0.05) is 23.0 Å². The normalized spacial score (nSPS) is 43.7. The highest BCUT2D eigenvalue weighted by atomic mass is 16.6. The third-order valence-corrected chi connectivity index (χ3v) is 7.04. The zero-order valence-electron chi connectivity index (χ0n) is 14.4. The number of cyclic esters (lactones) is 2. The number of hydrogen-bond donors (Lipinski definition) is 1. The van der Waals surface area contributed by atoms with Gasteiger partial charge in [0.05, 0.1) is 29.5 Å². The molecule has 2 aliphatic carbocycles. The van der Waals surface area contributed by atoms with E-state index in [2.05, 4.69) is 0 Å². The Bertz CT molecular complexity index is 852. The highest BCUT2D eigenvalue weighted by molar-refractivity contribution is 5.92. The minimum atomic E-state index is -1.27. The van der Waals surface area contributed by atoms with Crippen molar-refractivity contribution in [2.45, 2.75) is 37.9 Å². The van der Waals surface area contributed by atoms with Crippen LogP contribution >= 0.6 is 0 Å². The average Bonchev–Trinajstić information content (AvgIpc) is 3.24. The molecule has 0 aromatic carbocycles. The molecule has 1 N–H and O–H groups in total. The van der Waals surface area contributed by atoms with E-state index >= 15 is 0 Å². The monoisotopic (exact) mass is 356 g/mol. The largest absolute Gasteiger partial charge is 0.472 e. The lowest BCUT2D eigenvalue weighted by Crippen LogP contribution is -2.66. The first kappa shape index (κ1) is 15.9. The van der Waals surface area contributed by atoms with Crippen LogP contribution in [-0.4, -0.2) is 29.3 Å². The number of ether oxygens (including phenoxy) is 2. The molecule has 2 saturated heterocycles. The minimum Gasteiger partial charge on any atom is -0.472 e. The number of esters is 2. The molecular weight excluding hydrogens is 336 g/mol. The second-order valence-electron chi connectivity index (χ2n) is 8.04. The molecule has 3 heterocycles. The molecule has 0 saturated carbocycles. The van der Waals surface area contributed by atoms with Crippen LogP contribution < -0.4 is 0 Å². The predicted molar refractivity (Wildman–Crippen MR) is 88.6 cm³/mol. The molecule has 1 aromatic rings. The fraction of sp³-hybridized carbons (Fsp3) is 0.500. The van der Waals surface area contributed by atoms with Crippen molar-refractivity contribution in [2.75, 3.05) is 6.61 Å². The van der Waals surface area contributed by atoms with Gasteiger partial charge >= 0.3 is 11.9 Å². The van der Waals surface area contributed by atoms with Crippen molar-refractivity contribution in [3.05, 3.63) is 48.0 Å². The molecule has 2 fully saturated rings. The lowest BCUT2D eigenvalue weighted by Gasteiger charge is -2.60. The Balaban J connectivity index is 1.66. The van der Waals surface area contributed by atoms with Gasteiger partial charge in [0.1, 0.15) is 12.7 Å². The van der Waals surface area contributed by atoms with Gasteiger partial charge in [0.25, 0.3) is 0 Å². The lowest BCUT2D eigenvalue weighted by molar-refractivity contribution is -0.204. The fourth-order valence-electron chi connectivity index (χ4n) is 5.52. The van der Waals surface area contributed by atoms with E-state index in [1.165, 1.54) is 6.26 Å². The van der Waals surface area contributed by atoms with Gasteiger partial charge in [0.15, 0.2) is 0 Å². The van der Waals surface area contributed by atoms with Crippen molar-refractivity contribution in [1.82, 2.24) is 0 Å². The summed E-state index contributed by atoms with van der Waals surface area (Å²) < 4.78 is 16.1. The zero-order valence-corrected chi connectivity index (χ0v) is 14.4. The second kappa shape index (κ2) is 4.88. The Hall–Kier alpha value is -2.34. The summed E-state index contributed by atoms with van der Waals surface area (Å²) in [5.41, 5.74) is -1.59. The quantitative estimate of drug-likeness (QED) is 0.614. The minimum absolute atomic E-state index is 0.169. The Morgan fingerprint density at radius 3 is 2.88 bits per heavy atom. The average molecular weight is 356 g/mol. The summed E-state index contributed by atoms with van der Waals surface area (Å²) in [5.74, 6) is -1.20. The molecule has 5 rings (SSSR count). The third-order valence-electron chi connectivity index (χ3n) is 7.04. The van der Waals surface area contributed by atoms with Gasteiger partial charge in [0.2, 0.25) is 0 Å². The Labute approximate surface area is 150 Å². The molecule has 0 radical (unpaired) electrons. The van der Waals surface area contributed by atoms with Crippen LogP contribution in [-0.2, 0) is 19.1 Å². The summed E-state index contributed by atoms with van der Waals surface area (Å²) in [4.78, 5) is 25.0. The van der Waals surface area contributed by atoms with Gasteiger partial charge in [-0.05, 0) is 18.9 Å². The molecule has 26 heavy (non-hydrogen) atoms. The van der Waals surface area contributed by atoms with E-state index in [0.29, 0.717) is 24.8 Å². The first-order valence-electron chi connectivity index (χ1n) is 8.91. The number of rotatable bonds is 1. The third kappa shape index (κ3) is 1.66. The van der Waals surface area contributed by atoms with E-state index in [0.717, 1.165) is 5.56 Å². The van der Waals surface area contributed by atoms with Gasteiger partial charge in [-0.25, -0.2) is 4.79 Å². The van der Waals surface area contributed by atoms with Crippen LogP contribution in [0.25, 0.3) is 0 Å². The van der Waals surface area contributed by atoms with Crippen LogP contribution in [0.4, 0.5) is 0 Å². The Morgan fingerprint density at radius 1 is 1.27 bits per heavy atom. The zero-order chi connectivity index (χ0) is 18.2. The Morgan fingerprint density at radius 2 is 2.12 bits per heavy atom. The summed E-state index contributed by atoms with van der Waals surface area (Å²) in [6.45, 7) is 2.08. The number of aliphatic hydroxyl groups is 1. The van der Waals surface area contributed by atoms with E-state index in [9.17, 15) is 14.7 Å². The molecule has 5 atom stereocenters. The molecule has 6 heteroatoms. The van der Waals surface area contributed by atoms with Crippen molar-refractivity contribution in [2.24, 2.45) is 16.7 Å². The predicted octanol–water partition coefficient (Wildman–Crippen LogP) is 2.45. The second-order valence-corrected chi connectivity index (χ2v) is 8.04. The van der Waals surface area contributed by atoms with Crippen LogP contribution in [0.1, 0.15) is 37.9 Å². The molecule has 4 aliphatic rings. The molecule has 5 unspecified atom stereocenters. The number of furan rings is 1. The number of hydrogen-bond acceptors (Lipinski definition) is 6. The molecule has 6 nitrogen and oxygen atoms in total. The van der Waals surface area contributed by atoms with Crippen molar-refractivity contribution in [3.8, 4) is 0 Å². The van der Waals surface area contributed by atoms with E-state index in [1.54, 1.807) is 12.3 Å². The van der Waals surface area contributed by atoms with Crippen molar-refractivity contribution >= 4 is 11.9 Å². The molecule has 1 aromatic heterocycles. The maximum atomic E-state index is 12.8. The van der Waals surface area contributed by atoms with Crippen LogP contribution in [0.5, 0.6) is 0 Å². The fourth-order valence-corrected chi connectivity index (χ4v) is 5.52. The summed E-state index contributed by atoms with van der Waals surface area (Å²) >= 11 is 0. The van der Waals surface area contributed by atoms with Crippen LogP contribution in [0.2, 0.25) is 0 Å². The molecule has 0 amide bonds. The van der Waals surface area contributed by atoms with E-state index < -0.39 is 34.4 Å². The lowest BCUT2D eigenvalue weighted by atomic mass is 9.45. The smallest absolute Gasteiger partial charge is 0.334 e. The van der Waals surface area contributed by atoms with Crippen LogP contribution in [0.15, 0.2) is 46.8 Å². The topological polar surface area (TPSA) is 86.0 Å². The highest BCUT2D eigenvalue weighted by Gasteiger charge is 2.72. The van der Waals surface area contributed by atoms with Crippen LogP contribution in [0, 0.1) is 16.7 Å². The molecule has 2 aliphatic heterocycles. The maximum Gasteiger partial charge on any atom is 0.334 e. The van der Waals surface area contributed by atoms with E-state index in [4.69, 9.17) is 13.9 Å². The number of carbonyl (C=O) groups is 2. The maximum absolute atomic E-state index is 12.8. The van der Waals surface area contributed by atoms with Gasteiger partial charge in [-0.1, -0.05) is 25.2 Å². The molecular formula is C20H20O6. The van der Waals surface area contributed by atoms with Crippen molar-refractivity contribution < 1.29 is 28.6 Å². The Kier molecular flexibility index (Phi) is 2.98. The van der Waals surface area contributed by atoms with Gasteiger partial charge in [-0.3, -0.25) is 4.79 Å². The standard InChI is InChI=1S/C20H20O6/c1-18-9-15(12-5-8-24-10-12)26-17(22)13(18)4-7-19-11-25-16(21)14(19)3-2-6-20(18,19)23/h2-5,8,10,14-15,23H,6-7,9,11H2,1H3. The van der Waals surface area contributed by atoms with Crippen molar-refractivity contribution in [3.63, 3.8) is 0 Å². The van der Waals surface area contributed by atoms with Gasteiger partial charge in [-0.15, -0.1) is 0 Å². The first-order chi connectivity index (χ1) is 12.4. The van der Waals surface area contributed by atoms with E-state index in [1.807, 2.05) is 25.2 Å². The number of carbonyl (C=O) groups excluding carboxylic acids is 2. The molecule has 0 bridgehead atoms. The van der Waals surface area contributed by atoms with Crippen LogP contribution in [0.3, 0.4) is 0 Å². The van der Waals surface area contributed by atoms with Gasteiger partial charge < -0.3 is 19.0 Å². The summed E-state index contributed by atoms with van der Waals surface area (Å²) in [6.07, 6.45) is 9.36. The first-order valence-corrected chi connectivity index (χ1v) is 8.91. The number of fused-ring (bicyclic) bond motifs is 2.